The van der Waals surface area contributed by atoms with Crippen LogP contribution in [0.1, 0.15) is 34.1 Å². The molecule has 2 aromatic carbocycles. The van der Waals surface area contributed by atoms with Crippen LogP contribution in [0, 0.1) is 10.1 Å². The number of nitro benzene ring substituents is 1. The number of amides is 1. The molecule has 0 N–H and O–H groups in total. The summed E-state index contributed by atoms with van der Waals surface area (Å²) in [5.41, 5.74) is 0.734. The van der Waals surface area contributed by atoms with Crippen molar-refractivity contribution in [3.05, 3.63) is 85.8 Å². The Kier molecular flexibility index (Phi) is 5.65. The minimum absolute atomic E-state index is 0.0154. The predicted molar refractivity (Wildman–Crippen MR) is 120 cm³/mol. The van der Waals surface area contributed by atoms with Crippen molar-refractivity contribution < 1.29 is 18.9 Å². The van der Waals surface area contributed by atoms with Crippen LogP contribution >= 0.6 is 0 Å². The number of morpholine rings is 1. The van der Waals surface area contributed by atoms with E-state index in [0.717, 1.165) is 19.6 Å². The molecule has 0 spiro atoms. The Balaban J connectivity index is 1.55. The highest BCUT2D eigenvalue weighted by atomic mass is 16.6. The van der Waals surface area contributed by atoms with Gasteiger partial charge in [0.15, 0.2) is 5.43 Å². The topological polar surface area (TPSA) is 106 Å². The van der Waals surface area contributed by atoms with Gasteiger partial charge in [-0.25, -0.2) is 0 Å². The maximum Gasteiger partial charge on any atom is 0.290 e. The molecule has 0 radical (unpaired) electrons. The largest absolute Gasteiger partial charge is 0.450 e. The fourth-order valence-corrected chi connectivity index (χ4v) is 4.64. The smallest absolute Gasteiger partial charge is 0.290 e. The first-order valence-electron chi connectivity index (χ1n) is 11.0. The molecular weight excluding hydrogens is 426 g/mol. The number of benzene rings is 2. The van der Waals surface area contributed by atoms with Gasteiger partial charge in [0.05, 0.1) is 35.1 Å². The zero-order valence-electron chi connectivity index (χ0n) is 17.9. The highest BCUT2D eigenvalue weighted by Crippen LogP contribution is 2.39. The molecule has 1 amide bonds. The molecule has 5 rings (SSSR count). The van der Waals surface area contributed by atoms with E-state index in [0.29, 0.717) is 42.7 Å². The van der Waals surface area contributed by atoms with Gasteiger partial charge in [0.25, 0.3) is 11.6 Å². The van der Waals surface area contributed by atoms with E-state index in [1.54, 1.807) is 41.3 Å². The van der Waals surface area contributed by atoms with Crippen LogP contribution in [0.4, 0.5) is 5.69 Å². The molecule has 9 nitrogen and oxygen atoms in total. The van der Waals surface area contributed by atoms with E-state index in [-0.39, 0.29) is 28.3 Å². The second-order valence-electron chi connectivity index (χ2n) is 8.23. The van der Waals surface area contributed by atoms with Gasteiger partial charge >= 0.3 is 0 Å². The Morgan fingerprint density at radius 1 is 1.03 bits per heavy atom. The maximum absolute atomic E-state index is 13.4. The molecule has 1 atom stereocenters. The van der Waals surface area contributed by atoms with Crippen LogP contribution in [0.2, 0.25) is 0 Å². The molecule has 3 aromatic rings. The predicted octanol–water partition coefficient (Wildman–Crippen LogP) is 2.97. The van der Waals surface area contributed by atoms with Crippen LogP contribution in [0.25, 0.3) is 11.0 Å². The maximum atomic E-state index is 13.4. The second kappa shape index (κ2) is 8.76. The zero-order chi connectivity index (χ0) is 22.9. The third-order valence-electron chi connectivity index (χ3n) is 6.25. The summed E-state index contributed by atoms with van der Waals surface area (Å²) in [7, 11) is 0. The summed E-state index contributed by atoms with van der Waals surface area (Å²) in [6.45, 7) is 4.24. The monoisotopic (exact) mass is 449 g/mol. The van der Waals surface area contributed by atoms with E-state index in [2.05, 4.69) is 4.90 Å². The van der Waals surface area contributed by atoms with E-state index < -0.39 is 11.0 Å². The van der Waals surface area contributed by atoms with Gasteiger partial charge in [-0.15, -0.1) is 0 Å². The molecule has 0 saturated carbocycles. The number of hydrogen-bond acceptors (Lipinski definition) is 7. The molecule has 33 heavy (non-hydrogen) atoms. The minimum atomic E-state index is -0.738. The Morgan fingerprint density at radius 3 is 2.61 bits per heavy atom. The summed E-state index contributed by atoms with van der Waals surface area (Å²) in [6, 6.07) is 12.2. The quantitative estimate of drug-likeness (QED) is 0.421. The Bertz CT molecular complexity index is 1280. The van der Waals surface area contributed by atoms with Gasteiger partial charge in [-0.05, 0) is 24.1 Å². The molecule has 9 heteroatoms. The van der Waals surface area contributed by atoms with Crippen LogP contribution < -0.4 is 5.43 Å². The lowest BCUT2D eigenvalue weighted by Crippen LogP contribution is -2.38. The average molecular weight is 449 g/mol. The van der Waals surface area contributed by atoms with Crippen LogP contribution in [0.15, 0.2) is 57.7 Å². The van der Waals surface area contributed by atoms with Crippen LogP contribution in [-0.2, 0) is 4.74 Å². The number of carbonyl (C=O) groups is 1. The summed E-state index contributed by atoms with van der Waals surface area (Å²) in [6.07, 6.45) is 0.693. The van der Waals surface area contributed by atoms with E-state index in [1.165, 1.54) is 12.1 Å². The van der Waals surface area contributed by atoms with Crippen molar-refractivity contribution in [1.29, 1.82) is 0 Å². The van der Waals surface area contributed by atoms with Gasteiger partial charge in [-0.3, -0.25) is 24.6 Å². The van der Waals surface area contributed by atoms with Gasteiger partial charge in [0, 0.05) is 38.3 Å². The number of nitro groups is 1. The molecule has 1 saturated heterocycles. The van der Waals surface area contributed by atoms with Crippen molar-refractivity contribution in [3.8, 4) is 0 Å². The Labute approximate surface area is 189 Å². The first-order chi connectivity index (χ1) is 16.0. The first kappa shape index (κ1) is 21.3. The number of non-ortho nitro benzene ring substituents is 1. The minimum Gasteiger partial charge on any atom is -0.450 e. The lowest BCUT2D eigenvalue weighted by atomic mass is 9.98. The normalized spacial score (nSPS) is 18.6. The van der Waals surface area contributed by atoms with Crippen molar-refractivity contribution in [2.75, 3.05) is 39.4 Å². The van der Waals surface area contributed by atoms with Gasteiger partial charge in [0.1, 0.15) is 5.58 Å². The average Bonchev–Trinajstić information content (AvgIpc) is 3.12. The molecule has 3 heterocycles. The van der Waals surface area contributed by atoms with Crippen LogP contribution in [-0.4, -0.2) is 60.0 Å². The number of carbonyl (C=O) groups excluding carboxylic acids is 1. The lowest BCUT2D eigenvalue weighted by Gasteiger charge is -2.29. The van der Waals surface area contributed by atoms with Crippen LogP contribution in [0.5, 0.6) is 0 Å². The Hall–Kier alpha value is -3.56. The second-order valence-corrected chi connectivity index (χ2v) is 8.23. The molecule has 1 aromatic heterocycles. The van der Waals surface area contributed by atoms with Crippen molar-refractivity contribution in [3.63, 3.8) is 0 Å². The van der Waals surface area contributed by atoms with Crippen LogP contribution in [0.3, 0.4) is 0 Å². The van der Waals surface area contributed by atoms with Crippen molar-refractivity contribution >= 4 is 22.6 Å². The number of hydrogen-bond donors (Lipinski definition) is 0. The summed E-state index contributed by atoms with van der Waals surface area (Å²) in [5.74, 6) is -0.354. The Morgan fingerprint density at radius 2 is 1.82 bits per heavy atom. The van der Waals surface area contributed by atoms with Crippen molar-refractivity contribution in [2.45, 2.75) is 12.5 Å². The van der Waals surface area contributed by atoms with E-state index in [1.807, 2.05) is 0 Å². The van der Waals surface area contributed by atoms with E-state index >= 15 is 0 Å². The number of para-hydroxylation sites is 1. The fraction of sp³-hybridized carbons (Fsp3) is 0.333. The highest BCUT2D eigenvalue weighted by Gasteiger charge is 2.42. The molecule has 0 bridgehead atoms. The molecule has 0 unspecified atom stereocenters. The SMILES string of the molecule is O=C1c2oc3ccccc3c(=O)c2[C@@H](c2cccc([N+](=O)[O-])c2)N1CCCN1CCOCC1. The summed E-state index contributed by atoms with van der Waals surface area (Å²) >= 11 is 0. The first-order valence-corrected chi connectivity index (χ1v) is 11.0. The summed E-state index contributed by atoms with van der Waals surface area (Å²) in [5, 5.41) is 11.8. The fourth-order valence-electron chi connectivity index (χ4n) is 4.64. The van der Waals surface area contributed by atoms with E-state index in [4.69, 9.17) is 9.15 Å². The molecule has 1 fully saturated rings. The number of ether oxygens (including phenoxy) is 1. The number of fused-ring (bicyclic) bond motifs is 2. The zero-order valence-corrected chi connectivity index (χ0v) is 17.9. The third-order valence-corrected chi connectivity index (χ3v) is 6.25. The lowest BCUT2D eigenvalue weighted by molar-refractivity contribution is -0.384. The standard InChI is InChI=1S/C24H23N3O6/c28-22-18-7-1-2-8-19(18)33-23-20(22)21(16-5-3-6-17(15-16)27(30)31)26(24(23)29)10-4-9-25-11-13-32-14-12-25/h1-3,5-8,15,21H,4,9-14H2/t21-/m1/s1. The van der Waals surface area contributed by atoms with E-state index in [9.17, 15) is 19.7 Å². The van der Waals surface area contributed by atoms with Gasteiger partial charge in [-0.1, -0.05) is 24.3 Å². The van der Waals surface area contributed by atoms with Gasteiger partial charge in [0.2, 0.25) is 5.76 Å². The summed E-state index contributed by atoms with van der Waals surface area (Å²) < 4.78 is 11.3. The van der Waals surface area contributed by atoms with Crippen molar-refractivity contribution in [1.82, 2.24) is 9.80 Å². The van der Waals surface area contributed by atoms with Gasteiger partial charge in [-0.2, -0.15) is 0 Å². The highest BCUT2D eigenvalue weighted by molar-refractivity contribution is 5.99. The number of rotatable bonds is 6. The molecular formula is C24H23N3O6. The molecule has 0 aliphatic carbocycles. The molecule has 170 valence electrons. The number of nitrogens with zero attached hydrogens (tertiary/aromatic N) is 3. The van der Waals surface area contributed by atoms with Gasteiger partial charge < -0.3 is 14.1 Å². The third kappa shape index (κ3) is 3.90. The molecule has 2 aliphatic heterocycles. The molecule has 2 aliphatic rings. The van der Waals surface area contributed by atoms with Crippen molar-refractivity contribution in [2.24, 2.45) is 0 Å². The summed E-state index contributed by atoms with van der Waals surface area (Å²) in [4.78, 5) is 41.6.